The third-order valence-electron chi connectivity index (χ3n) is 3.49. The molecular formula is C12H19N3O3S. The lowest BCUT2D eigenvalue weighted by Crippen LogP contribution is -2.55. The van der Waals surface area contributed by atoms with Gasteiger partial charge in [0.1, 0.15) is 6.04 Å². The van der Waals surface area contributed by atoms with Crippen LogP contribution in [-0.4, -0.2) is 76.3 Å². The van der Waals surface area contributed by atoms with E-state index in [9.17, 15) is 14.4 Å². The van der Waals surface area contributed by atoms with Crippen LogP contribution in [0.15, 0.2) is 0 Å². The maximum absolute atomic E-state index is 12.2. The molecule has 0 saturated carbocycles. The molecule has 2 aliphatic rings. The van der Waals surface area contributed by atoms with Crippen molar-refractivity contribution in [1.82, 2.24) is 14.7 Å². The number of hydrogen-bond donors (Lipinski definition) is 0. The van der Waals surface area contributed by atoms with E-state index in [0.29, 0.717) is 25.4 Å². The number of piperazine rings is 1. The molecule has 0 aliphatic carbocycles. The molecule has 19 heavy (non-hydrogen) atoms. The number of imide groups is 1. The van der Waals surface area contributed by atoms with Crippen LogP contribution in [0.5, 0.6) is 0 Å². The molecule has 0 aromatic rings. The van der Waals surface area contributed by atoms with Crippen LogP contribution in [0.1, 0.15) is 13.8 Å². The summed E-state index contributed by atoms with van der Waals surface area (Å²) in [4.78, 5) is 40.8. The zero-order valence-electron chi connectivity index (χ0n) is 11.5. The number of rotatable bonds is 3. The van der Waals surface area contributed by atoms with Crippen molar-refractivity contribution in [3.8, 4) is 0 Å². The lowest BCUT2D eigenvalue weighted by Gasteiger charge is -2.35. The second-order valence-corrected chi connectivity index (χ2v) is 5.93. The number of hydrogen-bond acceptors (Lipinski definition) is 4. The van der Waals surface area contributed by atoms with Crippen molar-refractivity contribution in [2.45, 2.75) is 25.9 Å². The van der Waals surface area contributed by atoms with E-state index in [-0.39, 0.29) is 23.9 Å². The first kappa shape index (κ1) is 14.2. The summed E-state index contributed by atoms with van der Waals surface area (Å²) < 4.78 is 0. The summed E-state index contributed by atoms with van der Waals surface area (Å²) in [5.74, 6) is 0.278. The molecule has 0 aromatic carbocycles. The van der Waals surface area contributed by atoms with Gasteiger partial charge >= 0.3 is 6.03 Å². The summed E-state index contributed by atoms with van der Waals surface area (Å²) in [6.45, 7) is 4.93. The van der Waals surface area contributed by atoms with Gasteiger partial charge in [-0.25, -0.2) is 4.79 Å². The normalized spacial score (nSPS) is 23.4. The van der Waals surface area contributed by atoms with Gasteiger partial charge in [0, 0.05) is 19.1 Å². The van der Waals surface area contributed by atoms with Crippen molar-refractivity contribution >= 4 is 29.6 Å². The van der Waals surface area contributed by atoms with E-state index in [4.69, 9.17) is 0 Å². The number of thioether (sulfide) groups is 1. The van der Waals surface area contributed by atoms with Gasteiger partial charge < -0.3 is 9.80 Å². The van der Waals surface area contributed by atoms with Crippen molar-refractivity contribution in [3.05, 3.63) is 0 Å². The molecule has 2 saturated heterocycles. The fourth-order valence-electron chi connectivity index (χ4n) is 2.53. The van der Waals surface area contributed by atoms with Crippen LogP contribution in [-0.2, 0) is 9.59 Å². The number of amides is 4. The maximum atomic E-state index is 12.2. The summed E-state index contributed by atoms with van der Waals surface area (Å²) in [6, 6.07) is -0.850. The van der Waals surface area contributed by atoms with E-state index < -0.39 is 6.04 Å². The number of urea groups is 1. The Bertz CT molecular complexity index is 413. The first-order valence-electron chi connectivity index (χ1n) is 6.37. The van der Waals surface area contributed by atoms with Gasteiger partial charge in [-0.1, -0.05) is 0 Å². The van der Waals surface area contributed by atoms with Gasteiger partial charge in [0.2, 0.25) is 5.91 Å². The lowest BCUT2D eigenvalue weighted by atomic mass is 10.2. The van der Waals surface area contributed by atoms with E-state index in [2.05, 4.69) is 0 Å². The minimum atomic E-state index is -0.491. The van der Waals surface area contributed by atoms with Crippen LogP contribution in [0, 0.1) is 0 Å². The number of nitrogens with zero attached hydrogens (tertiary/aromatic N) is 3. The van der Waals surface area contributed by atoms with Gasteiger partial charge in [-0.05, 0) is 20.1 Å². The molecule has 0 radical (unpaired) electrons. The van der Waals surface area contributed by atoms with E-state index in [1.807, 2.05) is 20.1 Å². The molecule has 2 fully saturated rings. The standard InChI is InChI=1S/C12H19N3O3S/c1-8(2)15-11(17)9-6-13(10(16)7-19-3)4-5-14(9)12(15)18/h8-9H,4-7H2,1-3H3. The molecule has 0 N–H and O–H groups in total. The van der Waals surface area contributed by atoms with Crippen LogP contribution in [0.3, 0.4) is 0 Å². The van der Waals surface area contributed by atoms with E-state index in [1.54, 1.807) is 9.80 Å². The Morgan fingerprint density at radius 3 is 2.63 bits per heavy atom. The van der Waals surface area contributed by atoms with Crippen LogP contribution in [0.4, 0.5) is 4.79 Å². The summed E-state index contributed by atoms with van der Waals surface area (Å²) in [5, 5.41) is 0. The lowest BCUT2D eigenvalue weighted by molar-refractivity contribution is -0.134. The van der Waals surface area contributed by atoms with E-state index in [0.717, 1.165) is 0 Å². The molecule has 1 unspecified atom stereocenters. The minimum absolute atomic E-state index is 0.0374. The quantitative estimate of drug-likeness (QED) is 0.697. The van der Waals surface area contributed by atoms with Crippen molar-refractivity contribution < 1.29 is 14.4 Å². The Morgan fingerprint density at radius 2 is 2.05 bits per heavy atom. The summed E-state index contributed by atoms with van der Waals surface area (Å²) >= 11 is 1.47. The smallest absolute Gasteiger partial charge is 0.327 e. The molecule has 2 aliphatic heterocycles. The number of carbonyl (C=O) groups excluding carboxylic acids is 3. The first-order chi connectivity index (χ1) is 8.97. The van der Waals surface area contributed by atoms with Crippen molar-refractivity contribution in [1.29, 1.82) is 0 Å². The highest BCUT2D eigenvalue weighted by atomic mass is 32.2. The molecule has 1 atom stereocenters. The molecule has 2 heterocycles. The van der Waals surface area contributed by atoms with Crippen LogP contribution in [0.2, 0.25) is 0 Å². The zero-order valence-corrected chi connectivity index (χ0v) is 12.3. The number of carbonyl (C=O) groups is 3. The third-order valence-corrected chi connectivity index (χ3v) is 4.03. The van der Waals surface area contributed by atoms with Crippen molar-refractivity contribution in [3.63, 3.8) is 0 Å². The maximum Gasteiger partial charge on any atom is 0.327 e. The minimum Gasteiger partial charge on any atom is -0.338 e. The Labute approximate surface area is 117 Å². The number of fused-ring (bicyclic) bond motifs is 1. The van der Waals surface area contributed by atoms with Gasteiger partial charge in [-0.3, -0.25) is 14.5 Å². The first-order valence-corrected chi connectivity index (χ1v) is 7.77. The Balaban J connectivity index is 2.11. The molecule has 2 rings (SSSR count). The van der Waals surface area contributed by atoms with E-state index >= 15 is 0 Å². The highest BCUT2D eigenvalue weighted by Crippen LogP contribution is 2.24. The largest absolute Gasteiger partial charge is 0.338 e. The fourth-order valence-corrected chi connectivity index (χ4v) is 2.96. The molecule has 106 valence electrons. The summed E-state index contributed by atoms with van der Waals surface area (Å²) in [5.41, 5.74) is 0. The van der Waals surface area contributed by atoms with Crippen LogP contribution >= 0.6 is 11.8 Å². The summed E-state index contributed by atoms with van der Waals surface area (Å²) in [6.07, 6.45) is 1.87. The Hall–Kier alpha value is -1.24. The highest BCUT2D eigenvalue weighted by molar-refractivity contribution is 7.99. The summed E-state index contributed by atoms with van der Waals surface area (Å²) in [7, 11) is 0. The second kappa shape index (κ2) is 5.40. The highest BCUT2D eigenvalue weighted by Gasteiger charge is 2.48. The van der Waals surface area contributed by atoms with Gasteiger partial charge in [-0.15, -0.1) is 0 Å². The molecular weight excluding hydrogens is 266 g/mol. The van der Waals surface area contributed by atoms with Gasteiger partial charge in [0.05, 0.1) is 12.3 Å². The average Bonchev–Trinajstić information content (AvgIpc) is 2.61. The third kappa shape index (κ3) is 2.43. The van der Waals surface area contributed by atoms with Crippen LogP contribution < -0.4 is 0 Å². The zero-order chi connectivity index (χ0) is 14.2. The SMILES string of the molecule is CSCC(=O)N1CCN2C(=O)N(C(C)C)C(=O)C2C1. The average molecular weight is 285 g/mol. The molecule has 7 heteroatoms. The Kier molecular flexibility index (Phi) is 4.03. The van der Waals surface area contributed by atoms with Gasteiger partial charge in [0.15, 0.2) is 0 Å². The van der Waals surface area contributed by atoms with Gasteiger partial charge in [-0.2, -0.15) is 11.8 Å². The van der Waals surface area contributed by atoms with E-state index in [1.165, 1.54) is 16.7 Å². The van der Waals surface area contributed by atoms with Crippen molar-refractivity contribution in [2.24, 2.45) is 0 Å². The predicted octanol–water partition coefficient (Wildman–Crippen LogP) is 0.233. The predicted molar refractivity (Wildman–Crippen MR) is 72.8 cm³/mol. The topological polar surface area (TPSA) is 60.9 Å². The molecule has 0 bridgehead atoms. The Morgan fingerprint density at radius 1 is 1.37 bits per heavy atom. The molecule has 0 spiro atoms. The second-order valence-electron chi connectivity index (χ2n) is 5.07. The monoisotopic (exact) mass is 285 g/mol. The molecule has 0 aromatic heterocycles. The van der Waals surface area contributed by atoms with Gasteiger partial charge in [0.25, 0.3) is 5.91 Å². The van der Waals surface area contributed by atoms with Crippen LogP contribution in [0.25, 0.3) is 0 Å². The fraction of sp³-hybridized carbons (Fsp3) is 0.750. The molecule has 6 nitrogen and oxygen atoms in total. The molecule has 4 amide bonds. The van der Waals surface area contributed by atoms with Crippen molar-refractivity contribution in [2.75, 3.05) is 31.6 Å².